The Morgan fingerprint density at radius 2 is 2.58 bits per heavy atom. The van der Waals surface area contributed by atoms with Gasteiger partial charge in [-0.05, 0) is 18.9 Å². The lowest BCUT2D eigenvalue weighted by Gasteiger charge is -2.15. The molecule has 0 radical (unpaired) electrons. The molecule has 1 rings (SSSR count). The van der Waals surface area contributed by atoms with Crippen LogP contribution in [0.5, 0.6) is 0 Å². The summed E-state index contributed by atoms with van der Waals surface area (Å²) in [5.74, 6) is -0.830. The van der Waals surface area contributed by atoms with Crippen LogP contribution in [0.4, 0.5) is 0 Å². The van der Waals surface area contributed by atoms with Crippen molar-refractivity contribution in [1.29, 1.82) is 0 Å². The van der Waals surface area contributed by atoms with Crippen LogP contribution in [-0.4, -0.2) is 17.3 Å². The van der Waals surface area contributed by atoms with Gasteiger partial charge in [0.1, 0.15) is 5.70 Å². The summed E-state index contributed by atoms with van der Waals surface area (Å²) < 4.78 is 0. The molecule has 1 N–H and O–H groups in total. The number of carboxylic acid groups (broad SMARTS) is 1. The summed E-state index contributed by atoms with van der Waals surface area (Å²) in [6.07, 6.45) is 4.14. The van der Waals surface area contributed by atoms with E-state index in [2.05, 4.69) is 11.6 Å². The molecular weight excluding hydrogens is 154 g/mol. The number of hydrogen-bond acceptors (Lipinski definition) is 2. The lowest BCUT2D eigenvalue weighted by atomic mass is 9.94. The van der Waals surface area contributed by atoms with E-state index in [-0.39, 0.29) is 11.6 Å². The van der Waals surface area contributed by atoms with Crippen molar-refractivity contribution in [3.8, 4) is 0 Å². The third-order valence-electron chi connectivity index (χ3n) is 2.00. The van der Waals surface area contributed by atoms with Crippen molar-refractivity contribution in [3.63, 3.8) is 0 Å². The van der Waals surface area contributed by atoms with Gasteiger partial charge in [-0.3, -0.25) is 4.99 Å². The summed E-state index contributed by atoms with van der Waals surface area (Å²) in [6.45, 7) is 5.42. The maximum Gasteiger partial charge on any atom is 0.354 e. The first-order chi connectivity index (χ1) is 5.66. The Hall–Kier alpha value is -1.38. The number of rotatable bonds is 2. The molecule has 0 saturated heterocycles. The molecule has 0 aromatic heterocycles. The van der Waals surface area contributed by atoms with Crippen LogP contribution in [0.25, 0.3) is 0 Å². The van der Waals surface area contributed by atoms with Crippen LogP contribution in [0, 0.1) is 5.92 Å². The highest BCUT2D eigenvalue weighted by atomic mass is 16.4. The van der Waals surface area contributed by atoms with Crippen LogP contribution < -0.4 is 0 Å². The van der Waals surface area contributed by atoms with Crippen molar-refractivity contribution in [2.75, 3.05) is 0 Å². The van der Waals surface area contributed by atoms with Crippen LogP contribution in [0.2, 0.25) is 0 Å². The normalized spacial score (nSPS) is 22.6. The first-order valence-electron chi connectivity index (χ1n) is 3.76. The number of hydrogen-bond donors (Lipinski definition) is 1. The molecule has 0 aliphatic carbocycles. The highest BCUT2D eigenvalue weighted by molar-refractivity contribution is 5.90. The first-order valence-corrected chi connectivity index (χ1v) is 3.76. The highest BCUT2D eigenvalue weighted by Crippen LogP contribution is 2.23. The van der Waals surface area contributed by atoms with E-state index in [1.807, 2.05) is 0 Å². The highest BCUT2D eigenvalue weighted by Gasteiger charge is 2.18. The van der Waals surface area contributed by atoms with Crippen molar-refractivity contribution in [3.05, 3.63) is 23.9 Å². The second-order valence-corrected chi connectivity index (χ2v) is 2.73. The van der Waals surface area contributed by atoms with Gasteiger partial charge in [-0.25, -0.2) is 4.79 Å². The van der Waals surface area contributed by atoms with E-state index >= 15 is 0 Å². The summed E-state index contributed by atoms with van der Waals surface area (Å²) in [5, 5.41) is 8.72. The van der Waals surface area contributed by atoms with Gasteiger partial charge in [0.25, 0.3) is 0 Å². The van der Waals surface area contributed by atoms with Gasteiger partial charge < -0.3 is 5.11 Å². The lowest BCUT2D eigenvalue weighted by Crippen LogP contribution is -2.12. The molecule has 0 fully saturated rings. The number of aliphatic carboxylic acids is 1. The molecule has 12 heavy (non-hydrogen) atoms. The summed E-state index contributed by atoms with van der Waals surface area (Å²) in [4.78, 5) is 14.4. The Kier molecular flexibility index (Phi) is 2.43. The van der Waals surface area contributed by atoms with Crippen molar-refractivity contribution in [2.45, 2.75) is 13.3 Å². The minimum atomic E-state index is -0.963. The standard InChI is InChI=1S/C9H11NO2/c1-3-7-4-5-10-8(6(7)2)9(11)12/h3,5,7H,1,4H2,2H3,(H,11,12). The van der Waals surface area contributed by atoms with Crippen molar-refractivity contribution in [1.82, 2.24) is 0 Å². The molecular formula is C9H11NO2. The number of aliphatic imine (C=N–C) groups is 1. The molecule has 0 spiro atoms. The molecule has 64 valence electrons. The van der Waals surface area contributed by atoms with Crippen LogP contribution in [0.1, 0.15) is 13.3 Å². The van der Waals surface area contributed by atoms with Crippen LogP contribution in [0.3, 0.4) is 0 Å². The zero-order chi connectivity index (χ0) is 9.14. The smallest absolute Gasteiger partial charge is 0.354 e. The SMILES string of the molecule is C=CC1CC=NC(C(=O)O)=C1C. The monoisotopic (exact) mass is 165 g/mol. The molecule has 1 heterocycles. The molecule has 1 aliphatic rings. The molecule has 1 aliphatic heterocycles. The van der Waals surface area contributed by atoms with E-state index in [0.29, 0.717) is 0 Å². The number of carboxylic acids is 1. The molecule has 0 amide bonds. The third-order valence-corrected chi connectivity index (χ3v) is 2.00. The quantitative estimate of drug-likeness (QED) is 0.632. The zero-order valence-corrected chi connectivity index (χ0v) is 6.95. The van der Waals surface area contributed by atoms with Gasteiger partial charge in [-0.15, -0.1) is 6.58 Å². The van der Waals surface area contributed by atoms with Gasteiger partial charge in [0, 0.05) is 12.1 Å². The topological polar surface area (TPSA) is 49.7 Å². The molecule has 0 aromatic rings. The molecule has 0 saturated carbocycles. The van der Waals surface area contributed by atoms with Crippen molar-refractivity contribution in [2.24, 2.45) is 10.9 Å². The first kappa shape index (κ1) is 8.71. The van der Waals surface area contributed by atoms with E-state index in [0.717, 1.165) is 12.0 Å². The average molecular weight is 165 g/mol. The van der Waals surface area contributed by atoms with Crippen LogP contribution in [-0.2, 0) is 4.79 Å². The van der Waals surface area contributed by atoms with Crippen LogP contribution >= 0.6 is 0 Å². The van der Waals surface area contributed by atoms with E-state index < -0.39 is 5.97 Å². The van der Waals surface area contributed by atoms with Crippen molar-refractivity contribution < 1.29 is 9.90 Å². The summed E-state index contributed by atoms with van der Waals surface area (Å²) >= 11 is 0. The van der Waals surface area contributed by atoms with Crippen LogP contribution in [0.15, 0.2) is 28.9 Å². The second-order valence-electron chi connectivity index (χ2n) is 2.73. The van der Waals surface area contributed by atoms with E-state index in [4.69, 9.17) is 5.11 Å². The summed E-state index contributed by atoms with van der Waals surface area (Å²) in [6, 6.07) is 0. The van der Waals surface area contributed by atoms with E-state index in [9.17, 15) is 4.79 Å². The van der Waals surface area contributed by atoms with E-state index in [1.54, 1.807) is 19.2 Å². The van der Waals surface area contributed by atoms with Gasteiger partial charge >= 0.3 is 5.97 Å². The second kappa shape index (κ2) is 3.34. The predicted molar refractivity (Wildman–Crippen MR) is 47.1 cm³/mol. The van der Waals surface area contributed by atoms with E-state index in [1.165, 1.54) is 0 Å². The third kappa shape index (κ3) is 1.44. The minimum absolute atomic E-state index is 0.133. The van der Waals surface area contributed by atoms with Gasteiger partial charge in [0.15, 0.2) is 0 Å². The fraction of sp³-hybridized carbons (Fsp3) is 0.333. The minimum Gasteiger partial charge on any atom is -0.477 e. The van der Waals surface area contributed by atoms with Gasteiger partial charge in [-0.1, -0.05) is 6.08 Å². The maximum absolute atomic E-state index is 10.6. The Bertz CT molecular complexity index is 276. The largest absolute Gasteiger partial charge is 0.477 e. The molecule has 0 bridgehead atoms. The van der Waals surface area contributed by atoms with Gasteiger partial charge in [0.2, 0.25) is 0 Å². The number of nitrogens with zero attached hydrogens (tertiary/aromatic N) is 1. The Labute approximate surface area is 71.1 Å². The summed E-state index contributed by atoms with van der Waals surface area (Å²) in [7, 11) is 0. The molecule has 1 unspecified atom stereocenters. The predicted octanol–water partition coefficient (Wildman–Crippen LogP) is 1.62. The lowest BCUT2D eigenvalue weighted by molar-refractivity contribution is -0.132. The fourth-order valence-electron chi connectivity index (χ4n) is 1.21. The Balaban J connectivity index is 3.02. The average Bonchev–Trinajstić information content (AvgIpc) is 2.04. The maximum atomic E-state index is 10.6. The zero-order valence-electron chi connectivity index (χ0n) is 6.95. The number of carbonyl (C=O) groups is 1. The van der Waals surface area contributed by atoms with Gasteiger partial charge in [-0.2, -0.15) is 0 Å². The van der Waals surface area contributed by atoms with Gasteiger partial charge in [0.05, 0.1) is 0 Å². The molecule has 3 heteroatoms. The molecule has 1 atom stereocenters. The molecule has 3 nitrogen and oxygen atoms in total. The summed E-state index contributed by atoms with van der Waals surface area (Å²) in [5.41, 5.74) is 0.950. The Morgan fingerprint density at radius 1 is 1.92 bits per heavy atom. The fourth-order valence-corrected chi connectivity index (χ4v) is 1.21. The number of allylic oxidation sites excluding steroid dienone is 2. The van der Waals surface area contributed by atoms with Crippen molar-refractivity contribution >= 4 is 12.2 Å². The Morgan fingerprint density at radius 3 is 3.08 bits per heavy atom. The molecule has 0 aromatic carbocycles.